The molecule has 0 unspecified atom stereocenters. The van der Waals surface area contributed by atoms with Crippen molar-refractivity contribution in [2.45, 2.75) is 19.9 Å². The molecule has 0 saturated heterocycles. The fourth-order valence-corrected chi connectivity index (χ4v) is 2.85. The number of fused-ring (bicyclic) bond motifs is 1. The van der Waals surface area contributed by atoms with Gasteiger partial charge in [0, 0.05) is 17.6 Å². The minimum Gasteiger partial charge on any atom is -0.462 e. The number of aryl methyl sites for hydroxylation is 1. The molecule has 0 aliphatic heterocycles. The summed E-state index contributed by atoms with van der Waals surface area (Å²) in [7, 11) is 0. The molecule has 27 heavy (non-hydrogen) atoms. The number of ether oxygens (including phenoxy) is 1. The second-order valence-corrected chi connectivity index (χ2v) is 6.48. The molecule has 6 heteroatoms. The summed E-state index contributed by atoms with van der Waals surface area (Å²) in [6.07, 6.45) is 3.57. The summed E-state index contributed by atoms with van der Waals surface area (Å²) in [4.78, 5) is 28.8. The van der Waals surface area contributed by atoms with Crippen molar-refractivity contribution in [3.05, 3.63) is 81.4 Å². The predicted molar refractivity (Wildman–Crippen MR) is 107 cm³/mol. The van der Waals surface area contributed by atoms with E-state index in [0.29, 0.717) is 34.7 Å². The van der Waals surface area contributed by atoms with E-state index in [1.165, 1.54) is 6.08 Å². The molecule has 3 rings (SSSR count). The molecular formula is C21H19ClN2O3. The first kappa shape index (κ1) is 18.9. The van der Waals surface area contributed by atoms with Gasteiger partial charge in [0.25, 0.3) is 5.56 Å². The van der Waals surface area contributed by atoms with E-state index >= 15 is 0 Å². The molecular weight excluding hydrogens is 364 g/mol. The SMILES string of the molecule is Cc1nc2ccccc2c(=O)n1CCCOC(=O)/C=C/c1ccc(Cl)cc1. The Morgan fingerprint density at radius 3 is 2.70 bits per heavy atom. The van der Waals surface area contributed by atoms with Crippen LogP contribution in [0.4, 0.5) is 0 Å². The van der Waals surface area contributed by atoms with Crippen molar-refractivity contribution in [2.75, 3.05) is 6.61 Å². The van der Waals surface area contributed by atoms with E-state index in [0.717, 1.165) is 5.56 Å². The molecule has 0 amide bonds. The number of hydrogen-bond donors (Lipinski definition) is 0. The van der Waals surface area contributed by atoms with Gasteiger partial charge in [-0.25, -0.2) is 9.78 Å². The van der Waals surface area contributed by atoms with Gasteiger partial charge < -0.3 is 4.74 Å². The van der Waals surface area contributed by atoms with E-state index in [9.17, 15) is 9.59 Å². The van der Waals surface area contributed by atoms with Crippen LogP contribution < -0.4 is 5.56 Å². The van der Waals surface area contributed by atoms with Crippen LogP contribution in [-0.4, -0.2) is 22.1 Å². The van der Waals surface area contributed by atoms with Crippen LogP contribution in [0.5, 0.6) is 0 Å². The molecule has 0 radical (unpaired) electrons. The second-order valence-electron chi connectivity index (χ2n) is 6.04. The number of para-hydroxylation sites is 1. The highest BCUT2D eigenvalue weighted by Crippen LogP contribution is 2.11. The highest BCUT2D eigenvalue weighted by molar-refractivity contribution is 6.30. The lowest BCUT2D eigenvalue weighted by Crippen LogP contribution is -2.24. The van der Waals surface area contributed by atoms with Crippen molar-refractivity contribution in [1.82, 2.24) is 9.55 Å². The third kappa shape index (κ3) is 4.83. The van der Waals surface area contributed by atoms with Gasteiger partial charge in [-0.1, -0.05) is 35.9 Å². The van der Waals surface area contributed by atoms with Crippen LogP contribution in [-0.2, 0) is 16.1 Å². The van der Waals surface area contributed by atoms with Crippen LogP contribution in [0.3, 0.4) is 0 Å². The van der Waals surface area contributed by atoms with Crippen molar-refractivity contribution >= 4 is 34.5 Å². The summed E-state index contributed by atoms with van der Waals surface area (Å²) in [5.41, 5.74) is 1.47. The molecule has 0 atom stereocenters. The van der Waals surface area contributed by atoms with Crippen LogP contribution >= 0.6 is 11.6 Å². The Labute approximate surface area is 161 Å². The van der Waals surface area contributed by atoms with Gasteiger partial charge in [-0.3, -0.25) is 9.36 Å². The number of carbonyl (C=O) groups excluding carboxylic acids is 1. The zero-order chi connectivity index (χ0) is 19.2. The molecule has 2 aromatic carbocycles. The van der Waals surface area contributed by atoms with Crippen LogP contribution in [0.15, 0.2) is 59.4 Å². The zero-order valence-electron chi connectivity index (χ0n) is 14.9. The van der Waals surface area contributed by atoms with Gasteiger partial charge in [0.15, 0.2) is 0 Å². The van der Waals surface area contributed by atoms with Gasteiger partial charge in [0.1, 0.15) is 5.82 Å². The minimum atomic E-state index is -0.425. The lowest BCUT2D eigenvalue weighted by atomic mass is 10.2. The maximum absolute atomic E-state index is 12.6. The first-order chi connectivity index (χ1) is 13.0. The first-order valence-electron chi connectivity index (χ1n) is 8.61. The molecule has 138 valence electrons. The quantitative estimate of drug-likeness (QED) is 0.367. The van der Waals surface area contributed by atoms with Crippen molar-refractivity contribution in [2.24, 2.45) is 0 Å². The smallest absolute Gasteiger partial charge is 0.330 e. The summed E-state index contributed by atoms with van der Waals surface area (Å²) < 4.78 is 6.80. The largest absolute Gasteiger partial charge is 0.462 e. The number of hydrogen-bond acceptors (Lipinski definition) is 4. The Balaban J connectivity index is 1.54. The summed E-state index contributed by atoms with van der Waals surface area (Å²) in [6.45, 7) is 2.47. The topological polar surface area (TPSA) is 61.2 Å². The Morgan fingerprint density at radius 2 is 1.93 bits per heavy atom. The van der Waals surface area contributed by atoms with E-state index in [1.807, 2.05) is 30.3 Å². The van der Waals surface area contributed by atoms with Gasteiger partial charge in [-0.15, -0.1) is 0 Å². The number of nitrogens with zero attached hydrogens (tertiary/aromatic N) is 2. The van der Waals surface area contributed by atoms with Crippen molar-refractivity contribution < 1.29 is 9.53 Å². The molecule has 0 saturated carbocycles. The van der Waals surface area contributed by atoms with E-state index in [1.54, 1.807) is 35.8 Å². The molecule has 1 aromatic heterocycles. The van der Waals surface area contributed by atoms with Crippen LogP contribution in [0.1, 0.15) is 17.8 Å². The van der Waals surface area contributed by atoms with Crippen molar-refractivity contribution in [3.63, 3.8) is 0 Å². The number of benzene rings is 2. The number of esters is 1. The fourth-order valence-electron chi connectivity index (χ4n) is 2.72. The average Bonchev–Trinajstić information content (AvgIpc) is 2.67. The highest BCUT2D eigenvalue weighted by atomic mass is 35.5. The minimum absolute atomic E-state index is 0.0768. The molecule has 0 spiro atoms. The maximum atomic E-state index is 12.6. The molecule has 0 aliphatic carbocycles. The average molecular weight is 383 g/mol. The van der Waals surface area contributed by atoms with Gasteiger partial charge >= 0.3 is 5.97 Å². The monoisotopic (exact) mass is 382 g/mol. The first-order valence-corrected chi connectivity index (χ1v) is 8.99. The lowest BCUT2D eigenvalue weighted by molar-refractivity contribution is -0.137. The van der Waals surface area contributed by atoms with Crippen LogP contribution in [0.25, 0.3) is 17.0 Å². The summed E-state index contributed by atoms with van der Waals surface area (Å²) >= 11 is 5.82. The van der Waals surface area contributed by atoms with E-state index in [-0.39, 0.29) is 12.2 Å². The van der Waals surface area contributed by atoms with Crippen molar-refractivity contribution in [1.29, 1.82) is 0 Å². The Kier molecular flexibility index (Phi) is 6.04. The Morgan fingerprint density at radius 1 is 1.19 bits per heavy atom. The zero-order valence-corrected chi connectivity index (χ0v) is 15.6. The molecule has 0 bridgehead atoms. The third-order valence-electron chi connectivity index (χ3n) is 4.10. The molecule has 1 heterocycles. The third-order valence-corrected chi connectivity index (χ3v) is 4.36. The van der Waals surface area contributed by atoms with Crippen LogP contribution in [0, 0.1) is 6.92 Å². The normalized spacial score (nSPS) is 11.2. The van der Waals surface area contributed by atoms with E-state index in [2.05, 4.69) is 4.98 Å². The number of halogens is 1. The van der Waals surface area contributed by atoms with Crippen molar-refractivity contribution in [3.8, 4) is 0 Å². The molecule has 3 aromatic rings. The Bertz CT molecular complexity index is 1040. The van der Waals surface area contributed by atoms with Gasteiger partial charge in [0.05, 0.1) is 17.5 Å². The molecule has 5 nitrogen and oxygen atoms in total. The fraction of sp³-hybridized carbons (Fsp3) is 0.190. The Hall–Kier alpha value is -2.92. The van der Waals surface area contributed by atoms with Gasteiger partial charge in [-0.05, 0) is 49.2 Å². The number of rotatable bonds is 6. The summed E-state index contributed by atoms with van der Waals surface area (Å²) in [5.74, 6) is 0.221. The van der Waals surface area contributed by atoms with E-state index in [4.69, 9.17) is 16.3 Å². The lowest BCUT2D eigenvalue weighted by Gasteiger charge is -2.10. The number of carbonyl (C=O) groups is 1. The molecule has 0 aliphatic rings. The maximum Gasteiger partial charge on any atom is 0.330 e. The molecule has 0 fully saturated rings. The second kappa shape index (κ2) is 8.64. The van der Waals surface area contributed by atoms with E-state index < -0.39 is 5.97 Å². The van der Waals surface area contributed by atoms with Gasteiger partial charge in [0.2, 0.25) is 0 Å². The standard InChI is InChI=1S/C21H19ClN2O3/c1-15-23-19-6-3-2-5-18(19)21(26)24(15)13-4-14-27-20(25)12-9-16-7-10-17(22)11-8-16/h2-3,5-12H,4,13-14H2,1H3/b12-9+. The number of aromatic nitrogens is 2. The highest BCUT2D eigenvalue weighted by Gasteiger charge is 2.07. The predicted octanol–water partition coefficient (Wildman–Crippen LogP) is 4.01. The summed E-state index contributed by atoms with van der Waals surface area (Å²) in [5, 5.41) is 1.23. The van der Waals surface area contributed by atoms with Crippen LogP contribution in [0.2, 0.25) is 5.02 Å². The summed E-state index contributed by atoms with van der Waals surface area (Å²) in [6, 6.07) is 14.4. The van der Waals surface area contributed by atoms with Gasteiger partial charge in [-0.2, -0.15) is 0 Å². The molecule has 0 N–H and O–H groups in total.